The van der Waals surface area contributed by atoms with Gasteiger partial charge in [0.1, 0.15) is 0 Å². The predicted molar refractivity (Wildman–Crippen MR) is 142 cm³/mol. The molecule has 10 nitrogen and oxygen atoms in total. The van der Waals surface area contributed by atoms with Crippen LogP contribution in [0.3, 0.4) is 0 Å². The Balaban J connectivity index is 1.85. The summed E-state index contributed by atoms with van der Waals surface area (Å²) in [6, 6.07) is 6.75. The second kappa shape index (κ2) is 15.7. The lowest BCUT2D eigenvalue weighted by Gasteiger charge is -2.16. The molecule has 38 heavy (non-hydrogen) atoms. The third-order valence-corrected chi connectivity index (χ3v) is 5.33. The minimum absolute atomic E-state index is 0.449. The van der Waals surface area contributed by atoms with Crippen molar-refractivity contribution in [2.75, 3.05) is 41.7 Å². The Kier molecular flexibility index (Phi) is 12.4. The minimum atomic E-state index is -1.05. The summed E-state index contributed by atoms with van der Waals surface area (Å²) >= 11 is 0. The van der Waals surface area contributed by atoms with Crippen molar-refractivity contribution in [2.45, 2.75) is 25.7 Å². The third-order valence-electron chi connectivity index (χ3n) is 5.33. The number of carboxylic acid groups (broad SMARTS) is 2. The first-order valence-electron chi connectivity index (χ1n) is 11.9. The maximum Gasteiger partial charge on any atom is 0.328 e. The van der Waals surface area contributed by atoms with E-state index < -0.39 is 11.9 Å². The van der Waals surface area contributed by atoms with Crippen molar-refractivity contribution in [3.8, 4) is 34.5 Å². The lowest BCUT2D eigenvalue weighted by Crippen LogP contribution is -2.04. The van der Waals surface area contributed by atoms with E-state index in [1.165, 1.54) is 40.6 Å². The van der Waals surface area contributed by atoms with Gasteiger partial charge in [-0.1, -0.05) is 0 Å². The summed E-state index contributed by atoms with van der Waals surface area (Å²) in [5.74, 6) is 0.652. The molecule has 0 aromatic heterocycles. The monoisotopic (exact) mass is 530 g/mol. The molecule has 2 rings (SSSR count). The maximum absolute atomic E-state index is 10.8. The SMILES string of the molecule is COc1cc(/C=C/C(=O)O)cc(OC)c1OCCCCCCOc1c(OC)cc(/C=C/C(=O)O)cc1OC. The molecule has 0 atom stereocenters. The van der Waals surface area contributed by atoms with Gasteiger partial charge in [0.05, 0.1) is 41.7 Å². The van der Waals surface area contributed by atoms with Crippen LogP contribution in [0.1, 0.15) is 36.8 Å². The average Bonchev–Trinajstić information content (AvgIpc) is 2.91. The van der Waals surface area contributed by atoms with Crippen LogP contribution in [0.15, 0.2) is 36.4 Å². The third kappa shape index (κ3) is 9.27. The topological polar surface area (TPSA) is 130 Å². The summed E-state index contributed by atoms with van der Waals surface area (Å²) in [7, 11) is 6.04. The van der Waals surface area contributed by atoms with Crippen molar-refractivity contribution >= 4 is 24.1 Å². The fourth-order valence-electron chi connectivity index (χ4n) is 3.52. The second-order valence-electron chi connectivity index (χ2n) is 7.96. The molecule has 0 bridgehead atoms. The summed E-state index contributed by atoms with van der Waals surface area (Å²) < 4.78 is 33.4. The van der Waals surface area contributed by atoms with Crippen LogP contribution in [0.25, 0.3) is 12.2 Å². The Morgan fingerprint density at radius 1 is 0.605 bits per heavy atom. The molecule has 0 amide bonds. The summed E-state index contributed by atoms with van der Waals surface area (Å²) in [6.07, 6.45) is 8.39. The summed E-state index contributed by atoms with van der Waals surface area (Å²) in [5, 5.41) is 17.7. The number of unbranched alkanes of at least 4 members (excludes halogenated alkanes) is 3. The highest BCUT2D eigenvalue weighted by atomic mass is 16.5. The fourth-order valence-corrected chi connectivity index (χ4v) is 3.52. The molecule has 2 aromatic carbocycles. The number of ether oxygens (including phenoxy) is 6. The molecule has 0 spiro atoms. The highest BCUT2D eigenvalue weighted by Gasteiger charge is 2.15. The van der Waals surface area contributed by atoms with E-state index >= 15 is 0 Å². The quantitative estimate of drug-likeness (QED) is 0.214. The van der Waals surface area contributed by atoms with Crippen LogP contribution in [0.5, 0.6) is 34.5 Å². The van der Waals surface area contributed by atoms with Gasteiger partial charge < -0.3 is 38.6 Å². The summed E-state index contributed by atoms with van der Waals surface area (Å²) in [5.41, 5.74) is 1.24. The number of carboxylic acids is 2. The molecule has 0 saturated heterocycles. The average molecular weight is 531 g/mol. The van der Waals surface area contributed by atoms with Gasteiger partial charge in [0.15, 0.2) is 23.0 Å². The van der Waals surface area contributed by atoms with Gasteiger partial charge in [-0.15, -0.1) is 0 Å². The van der Waals surface area contributed by atoms with E-state index in [0.29, 0.717) is 58.8 Å². The molecule has 2 N–H and O–H groups in total. The van der Waals surface area contributed by atoms with E-state index in [1.54, 1.807) is 24.3 Å². The van der Waals surface area contributed by atoms with Crippen LogP contribution in [-0.4, -0.2) is 63.8 Å². The van der Waals surface area contributed by atoms with Gasteiger partial charge in [0.25, 0.3) is 0 Å². The van der Waals surface area contributed by atoms with Gasteiger partial charge in [-0.2, -0.15) is 0 Å². The van der Waals surface area contributed by atoms with Gasteiger partial charge in [-0.25, -0.2) is 9.59 Å². The Morgan fingerprint density at radius 3 is 1.18 bits per heavy atom. The largest absolute Gasteiger partial charge is 0.493 e. The Labute approximate surface area is 222 Å². The summed E-state index contributed by atoms with van der Waals surface area (Å²) in [6.45, 7) is 0.899. The molecular formula is C28H34O10. The number of hydrogen-bond donors (Lipinski definition) is 2. The van der Waals surface area contributed by atoms with Crippen LogP contribution in [0.4, 0.5) is 0 Å². The number of aliphatic carboxylic acids is 2. The molecule has 10 heteroatoms. The lowest BCUT2D eigenvalue weighted by atomic mass is 10.1. The number of methoxy groups -OCH3 is 4. The molecule has 0 heterocycles. The highest BCUT2D eigenvalue weighted by molar-refractivity contribution is 5.86. The molecular weight excluding hydrogens is 496 g/mol. The summed E-state index contributed by atoms with van der Waals surface area (Å²) in [4.78, 5) is 21.6. The van der Waals surface area contributed by atoms with Gasteiger partial charge >= 0.3 is 11.9 Å². The molecule has 0 aliphatic carbocycles. The number of hydrogen-bond acceptors (Lipinski definition) is 8. The Hall–Kier alpha value is -4.34. The first-order valence-corrected chi connectivity index (χ1v) is 11.9. The molecule has 0 saturated carbocycles. The van der Waals surface area contributed by atoms with E-state index in [2.05, 4.69) is 0 Å². The molecule has 2 aromatic rings. The zero-order valence-electron chi connectivity index (χ0n) is 22.0. The predicted octanol–water partition coefficient (Wildman–Crippen LogP) is 4.93. The Bertz CT molecular complexity index is 997. The van der Waals surface area contributed by atoms with E-state index in [4.69, 9.17) is 38.6 Å². The van der Waals surface area contributed by atoms with E-state index in [9.17, 15) is 9.59 Å². The van der Waals surface area contributed by atoms with Crippen molar-refractivity contribution in [1.82, 2.24) is 0 Å². The molecule has 0 fully saturated rings. The lowest BCUT2D eigenvalue weighted by molar-refractivity contribution is -0.132. The molecule has 0 aliphatic rings. The Morgan fingerprint density at radius 2 is 0.921 bits per heavy atom. The highest BCUT2D eigenvalue weighted by Crippen LogP contribution is 2.40. The van der Waals surface area contributed by atoms with Crippen molar-refractivity contribution in [2.24, 2.45) is 0 Å². The molecule has 0 radical (unpaired) electrons. The number of benzene rings is 2. The number of rotatable bonds is 17. The van der Waals surface area contributed by atoms with E-state index in [-0.39, 0.29) is 0 Å². The van der Waals surface area contributed by atoms with Gasteiger partial charge in [-0.05, 0) is 73.2 Å². The minimum Gasteiger partial charge on any atom is -0.493 e. The van der Waals surface area contributed by atoms with Gasteiger partial charge in [0.2, 0.25) is 11.5 Å². The van der Waals surface area contributed by atoms with Crippen LogP contribution in [0.2, 0.25) is 0 Å². The zero-order valence-corrected chi connectivity index (χ0v) is 22.0. The first kappa shape index (κ1) is 29.9. The van der Waals surface area contributed by atoms with Crippen LogP contribution >= 0.6 is 0 Å². The maximum atomic E-state index is 10.8. The smallest absolute Gasteiger partial charge is 0.328 e. The van der Waals surface area contributed by atoms with Crippen LogP contribution in [-0.2, 0) is 9.59 Å². The standard InChI is InChI=1S/C28H34O10/c1-33-21-15-19(9-11-25(29)30)16-22(34-2)27(21)37-13-7-5-6-8-14-38-28-23(35-3)17-20(10-12-26(31)32)18-24(28)36-4/h9-12,15-18H,5-8,13-14H2,1-4H3,(H,29,30)(H,31,32)/b11-9+,12-10+. The van der Waals surface area contributed by atoms with Crippen LogP contribution < -0.4 is 28.4 Å². The fraction of sp³-hybridized carbons (Fsp3) is 0.357. The number of carbonyl (C=O) groups is 2. The molecule has 0 unspecified atom stereocenters. The van der Waals surface area contributed by atoms with Crippen molar-refractivity contribution < 1.29 is 48.2 Å². The normalized spacial score (nSPS) is 10.9. The van der Waals surface area contributed by atoms with Gasteiger partial charge in [-0.3, -0.25) is 0 Å². The van der Waals surface area contributed by atoms with E-state index in [1.807, 2.05) is 0 Å². The second-order valence-corrected chi connectivity index (χ2v) is 7.96. The van der Waals surface area contributed by atoms with Gasteiger partial charge in [0, 0.05) is 12.2 Å². The molecule has 0 aliphatic heterocycles. The van der Waals surface area contributed by atoms with Crippen molar-refractivity contribution in [3.63, 3.8) is 0 Å². The van der Waals surface area contributed by atoms with Crippen molar-refractivity contribution in [3.05, 3.63) is 47.5 Å². The van der Waals surface area contributed by atoms with Crippen molar-refractivity contribution in [1.29, 1.82) is 0 Å². The zero-order chi connectivity index (χ0) is 27.9. The first-order chi connectivity index (χ1) is 18.3. The van der Waals surface area contributed by atoms with E-state index in [0.717, 1.165) is 37.8 Å². The van der Waals surface area contributed by atoms with Crippen LogP contribution in [0, 0.1) is 0 Å². The molecule has 206 valence electrons.